The fourth-order valence-corrected chi connectivity index (χ4v) is 2.40. The summed E-state index contributed by atoms with van der Waals surface area (Å²) in [6, 6.07) is 4.93. The van der Waals surface area contributed by atoms with Gasteiger partial charge in [-0.1, -0.05) is 18.3 Å². The van der Waals surface area contributed by atoms with Crippen LogP contribution in [0.3, 0.4) is 0 Å². The molecule has 118 valence electrons. The van der Waals surface area contributed by atoms with E-state index in [1.807, 2.05) is 6.92 Å². The molecule has 0 aliphatic carbocycles. The highest BCUT2D eigenvalue weighted by molar-refractivity contribution is 7.15. The van der Waals surface area contributed by atoms with E-state index in [4.69, 9.17) is 15.2 Å². The minimum Gasteiger partial charge on any atom is -0.491 e. The zero-order chi connectivity index (χ0) is 15.9. The maximum Gasteiger partial charge on any atom is 0.257 e. The summed E-state index contributed by atoms with van der Waals surface area (Å²) in [5.41, 5.74) is 6.75. The number of anilines is 2. The molecule has 8 heteroatoms. The van der Waals surface area contributed by atoms with Crippen LogP contribution in [0.2, 0.25) is 0 Å². The van der Waals surface area contributed by atoms with Crippen molar-refractivity contribution >= 4 is 28.1 Å². The van der Waals surface area contributed by atoms with E-state index in [1.165, 1.54) is 11.3 Å². The van der Waals surface area contributed by atoms with Crippen LogP contribution in [-0.2, 0) is 11.3 Å². The highest BCUT2D eigenvalue weighted by Gasteiger charge is 2.12. The van der Waals surface area contributed by atoms with Crippen LogP contribution in [0.25, 0.3) is 0 Å². The van der Waals surface area contributed by atoms with Crippen LogP contribution in [0, 0.1) is 0 Å². The molecule has 2 rings (SSSR count). The topological polar surface area (TPSA) is 99.4 Å². The monoisotopic (exact) mass is 322 g/mol. The van der Waals surface area contributed by atoms with Gasteiger partial charge in [0.2, 0.25) is 5.13 Å². The first-order chi connectivity index (χ1) is 10.6. The van der Waals surface area contributed by atoms with Gasteiger partial charge in [-0.3, -0.25) is 10.1 Å². The van der Waals surface area contributed by atoms with Crippen LogP contribution >= 0.6 is 11.3 Å². The van der Waals surface area contributed by atoms with Crippen LogP contribution in [0.15, 0.2) is 18.2 Å². The predicted molar refractivity (Wildman–Crippen MR) is 85.2 cm³/mol. The quantitative estimate of drug-likeness (QED) is 0.759. The van der Waals surface area contributed by atoms with Gasteiger partial charge in [-0.25, -0.2) is 0 Å². The van der Waals surface area contributed by atoms with Gasteiger partial charge in [0.25, 0.3) is 5.91 Å². The molecule has 0 saturated heterocycles. The van der Waals surface area contributed by atoms with E-state index in [2.05, 4.69) is 15.5 Å². The van der Waals surface area contributed by atoms with E-state index >= 15 is 0 Å². The molecule has 0 fully saturated rings. The molecule has 22 heavy (non-hydrogen) atoms. The SMILES string of the molecule is CCCOc1ccc(C(=O)Nc2nnc(COC)s2)cc1N. The van der Waals surface area contributed by atoms with E-state index < -0.39 is 0 Å². The van der Waals surface area contributed by atoms with E-state index in [1.54, 1.807) is 25.3 Å². The second-order valence-electron chi connectivity index (χ2n) is 4.49. The lowest BCUT2D eigenvalue weighted by Crippen LogP contribution is -2.12. The molecular formula is C14H18N4O3S. The van der Waals surface area contributed by atoms with Crippen LogP contribution in [0.5, 0.6) is 5.75 Å². The second-order valence-corrected chi connectivity index (χ2v) is 5.55. The number of nitrogens with zero attached hydrogens (tertiary/aromatic N) is 2. The van der Waals surface area contributed by atoms with Gasteiger partial charge in [-0.15, -0.1) is 10.2 Å². The van der Waals surface area contributed by atoms with Gasteiger partial charge in [-0.2, -0.15) is 0 Å². The number of carbonyl (C=O) groups is 1. The molecule has 0 radical (unpaired) electrons. The first-order valence-electron chi connectivity index (χ1n) is 6.79. The van der Waals surface area contributed by atoms with E-state index in [0.29, 0.717) is 40.4 Å². The van der Waals surface area contributed by atoms with Crippen molar-refractivity contribution in [1.82, 2.24) is 10.2 Å². The molecule has 0 saturated carbocycles. The van der Waals surface area contributed by atoms with E-state index in [9.17, 15) is 4.79 Å². The molecule has 1 aromatic heterocycles. The van der Waals surface area contributed by atoms with Crippen LogP contribution < -0.4 is 15.8 Å². The average Bonchev–Trinajstić information content (AvgIpc) is 2.93. The molecule has 1 amide bonds. The standard InChI is InChI=1S/C14H18N4O3S/c1-3-6-21-11-5-4-9(7-10(11)15)13(19)16-14-18-17-12(22-14)8-20-2/h4-5,7H,3,6,8,15H2,1-2H3,(H,16,18,19). The highest BCUT2D eigenvalue weighted by Crippen LogP contribution is 2.24. The van der Waals surface area contributed by atoms with Gasteiger partial charge < -0.3 is 15.2 Å². The normalized spacial score (nSPS) is 10.5. The average molecular weight is 322 g/mol. The number of nitrogens with two attached hydrogens (primary N) is 1. The Morgan fingerprint density at radius 3 is 2.91 bits per heavy atom. The number of carbonyl (C=O) groups excluding carboxylic acids is 1. The van der Waals surface area contributed by atoms with Crippen LogP contribution in [-0.4, -0.2) is 29.8 Å². The Morgan fingerprint density at radius 1 is 1.41 bits per heavy atom. The Balaban J connectivity index is 2.03. The maximum atomic E-state index is 12.2. The minimum atomic E-state index is -0.297. The second kappa shape index (κ2) is 7.71. The van der Waals surface area contributed by atoms with Crippen molar-refractivity contribution in [2.45, 2.75) is 20.0 Å². The highest BCUT2D eigenvalue weighted by atomic mass is 32.1. The molecule has 0 unspecified atom stereocenters. The number of hydrogen-bond donors (Lipinski definition) is 2. The third-order valence-corrected chi connectivity index (χ3v) is 3.50. The number of nitrogens with one attached hydrogen (secondary N) is 1. The minimum absolute atomic E-state index is 0.297. The largest absolute Gasteiger partial charge is 0.491 e. The number of rotatable bonds is 7. The van der Waals surface area contributed by atoms with Crippen molar-refractivity contribution in [3.63, 3.8) is 0 Å². The summed E-state index contributed by atoms with van der Waals surface area (Å²) in [6.07, 6.45) is 0.891. The van der Waals surface area contributed by atoms with Crippen molar-refractivity contribution in [2.75, 3.05) is 24.8 Å². The van der Waals surface area contributed by atoms with E-state index in [-0.39, 0.29) is 5.91 Å². The Kier molecular flexibility index (Phi) is 5.68. The molecule has 2 aromatic rings. The van der Waals surface area contributed by atoms with Gasteiger partial charge in [0.1, 0.15) is 17.4 Å². The van der Waals surface area contributed by atoms with Crippen molar-refractivity contribution < 1.29 is 14.3 Å². The molecule has 1 aromatic carbocycles. The first-order valence-corrected chi connectivity index (χ1v) is 7.60. The third kappa shape index (κ3) is 4.15. The summed E-state index contributed by atoms with van der Waals surface area (Å²) < 4.78 is 10.4. The summed E-state index contributed by atoms with van der Waals surface area (Å²) in [5.74, 6) is 0.283. The van der Waals surface area contributed by atoms with Gasteiger partial charge in [-0.05, 0) is 24.6 Å². The number of amides is 1. The summed E-state index contributed by atoms with van der Waals surface area (Å²) in [4.78, 5) is 12.2. The summed E-state index contributed by atoms with van der Waals surface area (Å²) in [7, 11) is 1.57. The van der Waals surface area contributed by atoms with Crippen LogP contribution in [0.4, 0.5) is 10.8 Å². The summed E-state index contributed by atoms with van der Waals surface area (Å²) >= 11 is 1.26. The zero-order valence-electron chi connectivity index (χ0n) is 12.5. The number of nitrogen functional groups attached to an aromatic ring is 1. The fourth-order valence-electron chi connectivity index (χ4n) is 1.69. The zero-order valence-corrected chi connectivity index (χ0v) is 13.3. The lowest BCUT2D eigenvalue weighted by molar-refractivity contribution is 0.102. The molecule has 0 spiro atoms. The number of ether oxygens (including phenoxy) is 2. The molecule has 0 atom stereocenters. The third-order valence-electron chi connectivity index (χ3n) is 2.69. The molecule has 0 aliphatic heterocycles. The number of aromatic nitrogens is 2. The maximum absolute atomic E-state index is 12.2. The Morgan fingerprint density at radius 2 is 2.23 bits per heavy atom. The molecule has 1 heterocycles. The molecule has 7 nitrogen and oxygen atoms in total. The van der Waals surface area contributed by atoms with Gasteiger partial charge in [0, 0.05) is 12.7 Å². The van der Waals surface area contributed by atoms with E-state index in [0.717, 1.165) is 6.42 Å². The lowest BCUT2D eigenvalue weighted by Gasteiger charge is -2.09. The fraction of sp³-hybridized carbons (Fsp3) is 0.357. The van der Waals surface area contributed by atoms with Crippen LogP contribution in [0.1, 0.15) is 28.7 Å². The lowest BCUT2D eigenvalue weighted by atomic mass is 10.2. The molecular weight excluding hydrogens is 304 g/mol. The Labute approximate surface area is 132 Å². The predicted octanol–water partition coefficient (Wildman–Crippen LogP) is 2.31. The Hall–Kier alpha value is -2.19. The number of hydrogen-bond acceptors (Lipinski definition) is 7. The summed E-state index contributed by atoms with van der Waals surface area (Å²) in [6.45, 7) is 2.96. The van der Waals surface area contributed by atoms with Gasteiger partial charge >= 0.3 is 0 Å². The Bertz CT molecular complexity index is 645. The smallest absolute Gasteiger partial charge is 0.257 e. The molecule has 0 bridgehead atoms. The van der Waals surface area contributed by atoms with Gasteiger partial charge in [0.15, 0.2) is 0 Å². The van der Waals surface area contributed by atoms with Crippen molar-refractivity contribution in [2.24, 2.45) is 0 Å². The van der Waals surface area contributed by atoms with Gasteiger partial charge in [0.05, 0.1) is 12.3 Å². The number of benzene rings is 1. The summed E-state index contributed by atoms with van der Waals surface area (Å²) in [5, 5.41) is 11.6. The first kappa shape index (κ1) is 16.2. The molecule has 3 N–H and O–H groups in total. The van der Waals surface area contributed by atoms with Crippen molar-refractivity contribution in [3.8, 4) is 5.75 Å². The van der Waals surface area contributed by atoms with Crippen molar-refractivity contribution in [1.29, 1.82) is 0 Å². The molecule has 0 aliphatic rings. The number of methoxy groups -OCH3 is 1. The van der Waals surface area contributed by atoms with Crippen molar-refractivity contribution in [3.05, 3.63) is 28.8 Å².